The number of ether oxygens (including phenoxy) is 2. The Hall–Kier alpha value is -2.14. The van der Waals surface area contributed by atoms with E-state index in [1.165, 1.54) is 38.6 Å². The van der Waals surface area contributed by atoms with Crippen molar-refractivity contribution in [2.75, 3.05) is 14.2 Å². The maximum atomic E-state index is 14.3. The lowest BCUT2D eigenvalue weighted by atomic mass is 9.99. The number of benzene rings is 1. The summed E-state index contributed by atoms with van der Waals surface area (Å²) in [6.07, 6.45) is 1.47. The van der Waals surface area contributed by atoms with Gasteiger partial charge in [-0.15, -0.1) is 0 Å². The van der Waals surface area contributed by atoms with Crippen LogP contribution < -0.4 is 4.74 Å². The predicted octanol–water partition coefficient (Wildman–Crippen LogP) is 3.64. The van der Waals surface area contributed by atoms with Crippen molar-refractivity contribution in [3.05, 3.63) is 46.5 Å². The van der Waals surface area contributed by atoms with Crippen LogP contribution in [0.5, 0.6) is 5.75 Å². The highest BCUT2D eigenvalue weighted by Gasteiger charge is 2.20. The number of pyridine rings is 1. The first kappa shape index (κ1) is 15.3. The zero-order valence-corrected chi connectivity index (χ0v) is 12.5. The zero-order chi connectivity index (χ0) is 15.6. The number of nitrogens with zero attached hydrogens (tertiary/aromatic N) is 1. The van der Waals surface area contributed by atoms with Crippen LogP contribution in [0.15, 0.2) is 24.4 Å². The number of hydrogen-bond donors (Lipinski definition) is 0. The summed E-state index contributed by atoms with van der Waals surface area (Å²) < 4.78 is 24.1. The van der Waals surface area contributed by atoms with Gasteiger partial charge in [0.15, 0.2) is 5.82 Å². The van der Waals surface area contributed by atoms with E-state index in [4.69, 9.17) is 21.1 Å². The summed E-state index contributed by atoms with van der Waals surface area (Å²) in [7, 11) is 2.68. The molecular weight excluding hydrogens is 297 g/mol. The Kier molecular flexibility index (Phi) is 4.43. The van der Waals surface area contributed by atoms with Gasteiger partial charge in [-0.25, -0.2) is 9.18 Å². The maximum absolute atomic E-state index is 14.3. The van der Waals surface area contributed by atoms with Crippen LogP contribution in [0, 0.1) is 12.7 Å². The van der Waals surface area contributed by atoms with E-state index >= 15 is 0 Å². The van der Waals surface area contributed by atoms with Gasteiger partial charge in [0.1, 0.15) is 5.75 Å². The van der Waals surface area contributed by atoms with E-state index in [1.54, 1.807) is 6.92 Å². The molecule has 1 aromatic carbocycles. The lowest BCUT2D eigenvalue weighted by Crippen LogP contribution is -2.06. The molecule has 6 heteroatoms. The van der Waals surface area contributed by atoms with Crippen LogP contribution in [0.3, 0.4) is 0 Å². The van der Waals surface area contributed by atoms with E-state index < -0.39 is 11.8 Å². The molecule has 0 atom stereocenters. The van der Waals surface area contributed by atoms with E-state index in [0.717, 1.165) is 0 Å². The maximum Gasteiger partial charge on any atom is 0.338 e. The number of esters is 1. The van der Waals surface area contributed by atoms with Gasteiger partial charge in [0.05, 0.1) is 30.5 Å². The Morgan fingerprint density at radius 2 is 2.00 bits per heavy atom. The number of hydrogen-bond acceptors (Lipinski definition) is 4. The quantitative estimate of drug-likeness (QED) is 0.812. The molecule has 0 aliphatic carbocycles. The smallest absolute Gasteiger partial charge is 0.338 e. The average Bonchev–Trinajstić information content (AvgIpc) is 2.49. The van der Waals surface area contributed by atoms with Crippen LogP contribution in [0.2, 0.25) is 5.02 Å². The first-order valence-electron chi connectivity index (χ1n) is 6.07. The van der Waals surface area contributed by atoms with Crippen molar-refractivity contribution in [3.63, 3.8) is 0 Å². The van der Waals surface area contributed by atoms with E-state index in [9.17, 15) is 9.18 Å². The van der Waals surface area contributed by atoms with Gasteiger partial charge in [-0.05, 0) is 25.1 Å². The van der Waals surface area contributed by atoms with E-state index in [2.05, 4.69) is 4.98 Å². The van der Waals surface area contributed by atoms with E-state index in [-0.39, 0.29) is 21.8 Å². The number of methoxy groups -OCH3 is 2. The van der Waals surface area contributed by atoms with Crippen molar-refractivity contribution in [3.8, 4) is 16.9 Å². The van der Waals surface area contributed by atoms with Crippen LogP contribution >= 0.6 is 11.6 Å². The monoisotopic (exact) mass is 309 g/mol. The van der Waals surface area contributed by atoms with Gasteiger partial charge in [0.2, 0.25) is 0 Å². The second-order valence-electron chi connectivity index (χ2n) is 4.28. The molecule has 4 nitrogen and oxygen atoms in total. The van der Waals surface area contributed by atoms with Gasteiger partial charge in [0, 0.05) is 17.3 Å². The van der Waals surface area contributed by atoms with Crippen LogP contribution in [-0.2, 0) is 4.74 Å². The molecule has 0 saturated heterocycles. The lowest BCUT2D eigenvalue weighted by molar-refractivity contribution is 0.0601. The summed E-state index contributed by atoms with van der Waals surface area (Å²) in [5, 5.41) is 0.272. The first-order valence-corrected chi connectivity index (χ1v) is 6.44. The van der Waals surface area contributed by atoms with Gasteiger partial charge in [0.25, 0.3) is 0 Å². The SMILES string of the molecule is COC(=O)c1cc(OC)c(Cl)cc1-c1ccnc(C)c1F. The van der Waals surface area contributed by atoms with Crippen LogP contribution in [0.25, 0.3) is 11.1 Å². The van der Waals surface area contributed by atoms with Crippen molar-refractivity contribution in [1.82, 2.24) is 4.98 Å². The molecule has 2 rings (SSSR count). The second-order valence-corrected chi connectivity index (χ2v) is 4.69. The molecule has 1 aromatic heterocycles. The van der Waals surface area contributed by atoms with Crippen LogP contribution in [0.4, 0.5) is 4.39 Å². The fraction of sp³-hybridized carbons (Fsp3) is 0.200. The lowest BCUT2D eigenvalue weighted by Gasteiger charge is -2.13. The summed E-state index contributed by atoms with van der Waals surface area (Å²) in [5.41, 5.74) is 0.960. The largest absolute Gasteiger partial charge is 0.495 e. The fourth-order valence-electron chi connectivity index (χ4n) is 1.97. The van der Waals surface area contributed by atoms with E-state index in [0.29, 0.717) is 11.3 Å². The molecule has 2 aromatic rings. The molecule has 0 amide bonds. The minimum Gasteiger partial charge on any atom is -0.495 e. The number of carbonyl (C=O) groups excluding carboxylic acids is 1. The fourth-order valence-corrected chi connectivity index (χ4v) is 2.21. The highest BCUT2D eigenvalue weighted by Crippen LogP contribution is 2.35. The molecule has 0 saturated carbocycles. The molecule has 21 heavy (non-hydrogen) atoms. The average molecular weight is 310 g/mol. The molecule has 0 radical (unpaired) electrons. The minimum absolute atomic E-state index is 0.170. The Bertz CT molecular complexity index is 704. The normalized spacial score (nSPS) is 10.3. The molecule has 0 bridgehead atoms. The Balaban J connectivity index is 2.75. The number of aromatic nitrogens is 1. The zero-order valence-electron chi connectivity index (χ0n) is 11.7. The Labute approximate surface area is 126 Å². The minimum atomic E-state index is -0.603. The number of halogens is 2. The van der Waals surface area contributed by atoms with Crippen molar-refractivity contribution < 1.29 is 18.7 Å². The Morgan fingerprint density at radius 3 is 2.62 bits per heavy atom. The van der Waals surface area contributed by atoms with Crippen LogP contribution in [-0.4, -0.2) is 25.2 Å². The summed E-state index contributed by atoms with van der Waals surface area (Å²) in [4.78, 5) is 15.8. The van der Waals surface area contributed by atoms with Gasteiger partial charge in [-0.3, -0.25) is 4.98 Å². The molecule has 0 aliphatic heterocycles. The molecule has 1 heterocycles. The summed E-state index contributed by atoms with van der Waals surface area (Å²) in [6.45, 7) is 1.54. The molecule has 0 fully saturated rings. The molecule has 0 aliphatic rings. The Morgan fingerprint density at radius 1 is 1.29 bits per heavy atom. The third kappa shape index (κ3) is 2.83. The standard InChI is InChI=1S/C15H13ClFNO3/c1-8-14(17)9(4-5-18-8)10-6-12(16)13(20-2)7-11(10)15(19)21-3/h4-7H,1-3H3. The van der Waals surface area contributed by atoms with Gasteiger partial charge < -0.3 is 9.47 Å². The van der Waals surface area contributed by atoms with Gasteiger partial charge >= 0.3 is 5.97 Å². The second kappa shape index (κ2) is 6.10. The van der Waals surface area contributed by atoms with Crippen molar-refractivity contribution in [2.24, 2.45) is 0 Å². The molecule has 0 spiro atoms. The van der Waals surface area contributed by atoms with Gasteiger partial charge in [-0.1, -0.05) is 11.6 Å². The molecule has 110 valence electrons. The van der Waals surface area contributed by atoms with Crippen LogP contribution in [0.1, 0.15) is 16.1 Å². The number of rotatable bonds is 3. The highest BCUT2D eigenvalue weighted by molar-refractivity contribution is 6.32. The van der Waals surface area contributed by atoms with Gasteiger partial charge in [-0.2, -0.15) is 0 Å². The van der Waals surface area contributed by atoms with E-state index in [1.807, 2.05) is 0 Å². The topological polar surface area (TPSA) is 48.4 Å². The summed E-state index contributed by atoms with van der Waals surface area (Å²) >= 11 is 6.08. The summed E-state index contributed by atoms with van der Waals surface area (Å²) in [6, 6.07) is 4.39. The number of aryl methyl sites for hydroxylation is 1. The molecular formula is C15H13ClFNO3. The highest BCUT2D eigenvalue weighted by atomic mass is 35.5. The summed E-state index contributed by atoms with van der Waals surface area (Å²) in [5.74, 6) is -0.801. The number of carbonyl (C=O) groups is 1. The molecule has 0 N–H and O–H groups in total. The van der Waals surface area contributed by atoms with Crippen molar-refractivity contribution in [2.45, 2.75) is 6.92 Å². The first-order chi connectivity index (χ1) is 9.99. The third-order valence-electron chi connectivity index (χ3n) is 3.05. The molecule has 0 unspecified atom stereocenters. The van der Waals surface area contributed by atoms with Crippen molar-refractivity contribution >= 4 is 17.6 Å². The predicted molar refractivity (Wildman–Crippen MR) is 77.3 cm³/mol. The van der Waals surface area contributed by atoms with Crippen molar-refractivity contribution in [1.29, 1.82) is 0 Å². The third-order valence-corrected chi connectivity index (χ3v) is 3.35.